The van der Waals surface area contributed by atoms with E-state index >= 15 is 0 Å². The molecule has 3 heteroatoms. The molecule has 1 heterocycles. The lowest BCUT2D eigenvalue weighted by Gasteiger charge is -2.34. The summed E-state index contributed by atoms with van der Waals surface area (Å²) in [6, 6.07) is 7.45. The summed E-state index contributed by atoms with van der Waals surface area (Å²) in [7, 11) is 0. The minimum Gasteiger partial charge on any atom is -0.324 e. The number of halogens is 1. The van der Waals surface area contributed by atoms with Gasteiger partial charge in [-0.3, -0.25) is 0 Å². The highest BCUT2D eigenvalue weighted by molar-refractivity contribution is 5.43. The molecule has 2 aromatic rings. The van der Waals surface area contributed by atoms with Crippen molar-refractivity contribution < 1.29 is 4.39 Å². The summed E-state index contributed by atoms with van der Waals surface area (Å²) >= 11 is 0. The van der Waals surface area contributed by atoms with Crippen molar-refractivity contribution in [2.24, 2.45) is 11.1 Å². The van der Waals surface area contributed by atoms with Gasteiger partial charge in [-0.2, -0.15) is 0 Å². The summed E-state index contributed by atoms with van der Waals surface area (Å²) < 4.78 is 15.6. The highest BCUT2D eigenvalue weighted by Crippen LogP contribution is 2.40. The largest absolute Gasteiger partial charge is 0.324 e. The Hall–Kier alpha value is -1.61. The quantitative estimate of drug-likeness (QED) is 0.838. The predicted octanol–water partition coefficient (Wildman–Crippen LogP) is 3.90. The van der Waals surface area contributed by atoms with E-state index in [0.717, 1.165) is 18.5 Å². The van der Waals surface area contributed by atoms with Crippen LogP contribution >= 0.6 is 0 Å². The highest BCUT2D eigenvalue weighted by atomic mass is 19.1. The maximum Gasteiger partial charge on any atom is 0.126 e. The fourth-order valence-corrected chi connectivity index (χ4v) is 3.26. The minimum absolute atomic E-state index is 0.0940. The number of aryl methyl sites for hydroxylation is 1. The van der Waals surface area contributed by atoms with Crippen molar-refractivity contribution in [1.82, 2.24) is 4.57 Å². The fourth-order valence-electron chi connectivity index (χ4n) is 3.26. The number of hydrogen-bond acceptors (Lipinski definition) is 1. The molecule has 1 aliphatic carbocycles. The summed E-state index contributed by atoms with van der Waals surface area (Å²) in [6.45, 7) is 6.30. The number of hydrogen-bond donors (Lipinski definition) is 1. The Morgan fingerprint density at radius 3 is 2.75 bits per heavy atom. The van der Waals surface area contributed by atoms with Gasteiger partial charge >= 0.3 is 0 Å². The van der Waals surface area contributed by atoms with Gasteiger partial charge in [-0.25, -0.2) is 4.39 Å². The predicted molar refractivity (Wildman–Crippen MR) is 79.5 cm³/mol. The van der Waals surface area contributed by atoms with Gasteiger partial charge in [0.25, 0.3) is 0 Å². The van der Waals surface area contributed by atoms with Crippen LogP contribution in [0.1, 0.15) is 43.1 Å². The van der Waals surface area contributed by atoms with E-state index < -0.39 is 0 Å². The lowest BCUT2D eigenvalue weighted by atomic mass is 9.74. The maximum absolute atomic E-state index is 13.4. The van der Waals surface area contributed by atoms with Crippen molar-refractivity contribution in [3.8, 4) is 5.69 Å². The van der Waals surface area contributed by atoms with Crippen LogP contribution in [0.4, 0.5) is 4.39 Å². The molecule has 2 nitrogen and oxygen atoms in total. The molecule has 0 fully saturated rings. The summed E-state index contributed by atoms with van der Waals surface area (Å²) in [4.78, 5) is 0. The summed E-state index contributed by atoms with van der Waals surface area (Å²) in [5.41, 5.74) is 10.7. The number of rotatable bonds is 1. The standard InChI is InChI=1S/C17H21FN2/c1-11-8-12(4-5-14(11)18)20-7-6-13-15(19)9-17(2,3)10-16(13)20/h4-8,15H,9-10,19H2,1-3H3. The molecule has 1 aromatic heterocycles. The van der Waals surface area contributed by atoms with E-state index in [1.807, 2.05) is 12.1 Å². The third kappa shape index (κ3) is 2.16. The highest BCUT2D eigenvalue weighted by Gasteiger charge is 2.32. The van der Waals surface area contributed by atoms with Crippen LogP contribution in [0.2, 0.25) is 0 Å². The molecule has 20 heavy (non-hydrogen) atoms. The van der Waals surface area contributed by atoms with Gasteiger partial charge in [-0.05, 0) is 60.6 Å². The molecule has 0 bridgehead atoms. The van der Waals surface area contributed by atoms with Gasteiger partial charge in [0.1, 0.15) is 5.82 Å². The van der Waals surface area contributed by atoms with Crippen molar-refractivity contribution in [2.75, 3.05) is 0 Å². The normalized spacial score (nSPS) is 20.8. The van der Waals surface area contributed by atoms with Crippen LogP contribution in [0.3, 0.4) is 0 Å². The van der Waals surface area contributed by atoms with Crippen molar-refractivity contribution in [1.29, 1.82) is 0 Å². The van der Waals surface area contributed by atoms with Crippen LogP contribution in [-0.4, -0.2) is 4.57 Å². The van der Waals surface area contributed by atoms with Gasteiger partial charge in [0.05, 0.1) is 0 Å². The van der Waals surface area contributed by atoms with Crippen LogP contribution in [0.25, 0.3) is 5.69 Å². The molecule has 0 saturated heterocycles. The SMILES string of the molecule is Cc1cc(-n2ccc3c2CC(C)(C)CC3N)ccc1F. The van der Waals surface area contributed by atoms with E-state index in [9.17, 15) is 4.39 Å². The lowest BCUT2D eigenvalue weighted by molar-refractivity contribution is 0.278. The molecule has 1 aromatic carbocycles. The Morgan fingerprint density at radius 2 is 2.05 bits per heavy atom. The Kier molecular flexibility index (Phi) is 2.98. The van der Waals surface area contributed by atoms with E-state index in [-0.39, 0.29) is 17.3 Å². The number of aromatic nitrogens is 1. The van der Waals surface area contributed by atoms with E-state index in [1.165, 1.54) is 17.3 Å². The van der Waals surface area contributed by atoms with Gasteiger partial charge in [0.2, 0.25) is 0 Å². The molecular weight excluding hydrogens is 251 g/mol. The monoisotopic (exact) mass is 272 g/mol. The molecule has 0 spiro atoms. The van der Waals surface area contributed by atoms with Gasteiger partial charge in [-0.1, -0.05) is 13.8 Å². The molecule has 3 rings (SSSR count). The van der Waals surface area contributed by atoms with Gasteiger partial charge in [0, 0.05) is 23.6 Å². The zero-order valence-corrected chi connectivity index (χ0v) is 12.3. The molecular formula is C17H21FN2. The van der Waals surface area contributed by atoms with Crippen molar-refractivity contribution in [3.05, 3.63) is 53.1 Å². The average molecular weight is 272 g/mol. The second kappa shape index (κ2) is 4.45. The second-order valence-corrected chi connectivity index (χ2v) is 6.67. The van der Waals surface area contributed by atoms with Crippen LogP contribution < -0.4 is 5.73 Å². The van der Waals surface area contributed by atoms with Crippen LogP contribution in [0.15, 0.2) is 30.5 Å². The first-order valence-electron chi connectivity index (χ1n) is 7.10. The van der Waals surface area contributed by atoms with Gasteiger partial charge < -0.3 is 10.3 Å². The summed E-state index contributed by atoms with van der Waals surface area (Å²) in [6.07, 6.45) is 4.06. The smallest absolute Gasteiger partial charge is 0.126 e. The molecule has 1 atom stereocenters. The zero-order valence-electron chi connectivity index (χ0n) is 12.3. The number of fused-ring (bicyclic) bond motifs is 1. The first kappa shape index (κ1) is 13.4. The first-order chi connectivity index (χ1) is 9.37. The van der Waals surface area contributed by atoms with E-state index in [0.29, 0.717) is 5.56 Å². The van der Waals surface area contributed by atoms with Crippen molar-refractivity contribution in [3.63, 3.8) is 0 Å². The molecule has 0 aliphatic heterocycles. The fraction of sp³-hybridized carbons (Fsp3) is 0.412. The molecule has 1 aliphatic rings. The number of nitrogens with two attached hydrogens (primary N) is 1. The van der Waals surface area contributed by atoms with E-state index in [1.54, 1.807) is 6.92 Å². The summed E-state index contributed by atoms with van der Waals surface area (Å²) in [5.74, 6) is -0.160. The van der Waals surface area contributed by atoms with E-state index in [2.05, 4.69) is 30.7 Å². The second-order valence-electron chi connectivity index (χ2n) is 6.67. The lowest BCUT2D eigenvalue weighted by Crippen LogP contribution is -2.30. The molecule has 2 N–H and O–H groups in total. The van der Waals surface area contributed by atoms with Crippen LogP contribution in [0, 0.1) is 18.2 Å². The third-order valence-electron chi connectivity index (χ3n) is 4.26. The van der Waals surface area contributed by atoms with Crippen molar-refractivity contribution >= 4 is 0 Å². The Balaban J connectivity index is 2.10. The summed E-state index contributed by atoms with van der Waals surface area (Å²) in [5, 5.41) is 0. The van der Waals surface area contributed by atoms with Gasteiger partial charge in [-0.15, -0.1) is 0 Å². The molecule has 0 radical (unpaired) electrons. The molecule has 1 unspecified atom stereocenters. The minimum atomic E-state index is -0.160. The zero-order chi connectivity index (χ0) is 14.5. The Bertz CT molecular complexity index is 655. The number of nitrogens with zero attached hydrogens (tertiary/aromatic N) is 1. The van der Waals surface area contributed by atoms with Gasteiger partial charge in [0.15, 0.2) is 0 Å². The molecule has 0 saturated carbocycles. The number of benzene rings is 1. The van der Waals surface area contributed by atoms with Crippen molar-refractivity contribution in [2.45, 2.75) is 39.7 Å². The Labute approximate surface area is 119 Å². The topological polar surface area (TPSA) is 30.9 Å². The van der Waals surface area contributed by atoms with Crippen LogP contribution in [0.5, 0.6) is 0 Å². The van der Waals surface area contributed by atoms with Crippen LogP contribution in [-0.2, 0) is 6.42 Å². The third-order valence-corrected chi connectivity index (χ3v) is 4.26. The van der Waals surface area contributed by atoms with E-state index in [4.69, 9.17) is 5.73 Å². The Morgan fingerprint density at radius 1 is 1.30 bits per heavy atom. The maximum atomic E-state index is 13.4. The average Bonchev–Trinajstić information content (AvgIpc) is 2.75. The molecule has 106 valence electrons. The molecule has 0 amide bonds. The first-order valence-corrected chi connectivity index (χ1v) is 7.10.